The fourth-order valence-electron chi connectivity index (χ4n) is 3.17. The van der Waals surface area contributed by atoms with Crippen molar-refractivity contribution in [3.8, 4) is 0 Å². The summed E-state index contributed by atoms with van der Waals surface area (Å²) >= 11 is 0. The van der Waals surface area contributed by atoms with E-state index in [-0.39, 0.29) is 17.0 Å². The van der Waals surface area contributed by atoms with Crippen LogP contribution in [-0.2, 0) is 0 Å². The second kappa shape index (κ2) is 3.98. The Balaban J connectivity index is 2.36. The van der Waals surface area contributed by atoms with E-state index in [1.165, 1.54) is 12.3 Å². The zero-order valence-corrected chi connectivity index (χ0v) is 10.7. The van der Waals surface area contributed by atoms with Crippen molar-refractivity contribution < 1.29 is 9.52 Å². The molecule has 3 heteroatoms. The van der Waals surface area contributed by atoms with Gasteiger partial charge in [-0.05, 0) is 36.8 Å². The number of hydrogen-bond acceptors (Lipinski definition) is 3. The molecule has 94 valence electrons. The van der Waals surface area contributed by atoms with Gasteiger partial charge in [0.05, 0.1) is 11.9 Å². The maximum Gasteiger partial charge on any atom is 0.335 e. The zero-order valence-electron chi connectivity index (χ0n) is 10.7. The number of hydrogen-bond donors (Lipinski definition) is 1. The summed E-state index contributed by atoms with van der Waals surface area (Å²) in [5.74, 6) is 0.247. The van der Waals surface area contributed by atoms with Crippen LogP contribution >= 0.6 is 0 Å². The molecule has 1 saturated carbocycles. The Kier molecular flexibility index (Phi) is 2.90. The van der Waals surface area contributed by atoms with Crippen LogP contribution in [0.2, 0.25) is 0 Å². The molecule has 2 rings (SSSR count). The molecular weight excluding hydrogens is 216 g/mol. The van der Waals surface area contributed by atoms with Gasteiger partial charge in [-0.3, -0.25) is 0 Å². The zero-order chi connectivity index (χ0) is 12.7. The van der Waals surface area contributed by atoms with Crippen LogP contribution < -0.4 is 5.63 Å². The van der Waals surface area contributed by atoms with Crippen LogP contribution in [0.1, 0.15) is 51.5 Å². The molecule has 2 atom stereocenters. The quantitative estimate of drug-likeness (QED) is 0.858. The van der Waals surface area contributed by atoms with Crippen molar-refractivity contribution in [1.82, 2.24) is 0 Å². The predicted molar refractivity (Wildman–Crippen MR) is 66.0 cm³/mol. The molecule has 1 aromatic rings. The van der Waals surface area contributed by atoms with E-state index < -0.39 is 5.60 Å². The smallest absolute Gasteiger partial charge is 0.335 e. The predicted octanol–water partition coefficient (Wildman–Crippen LogP) is 2.68. The van der Waals surface area contributed by atoms with Crippen molar-refractivity contribution in [1.29, 1.82) is 0 Å². The highest BCUT2D eigenvalue weighted by molar-refractivity contribution is 5.22. The van der Waals surface area contributed by atoms with Crippen molar-refractivity contribution in [3.63, 3.8) is 0 Å². The van der Waals surface area contributed by atoms with Gasteiger partial charge in [0, 0.05) is 11.5 Å². The first-order valence-electron chi connectivity index (χ1n) is 6.22. The minimum atomic E-state index is -0.617. The molecule has 0 saturated heterocycles. The van der Waals surface area contributed by atoms with Crippen molar-refractivity contribution in [3.05, 3.63) is 34.4 Å². The van der Waals surface area contributed by atoms with Crippen molar-refractivity contribution >= 4 is 0 Å². The van der Waals surface area contributed by atoms with Crippen LogP contribution in [0.4, 0.5) is 0 Å². The van der Waals surface area contributed by atoms with E-state index in [1.54, 1.807) is 0 Å². The van der Waals surface area contributed by atoms with Crippen molar-refractivity contribution in [2.45, 2.75) is 51.6 Å². The fraction of sp³-hybridized carbons (Fsp3) is 0.643. The monoisotopic (exact) mass is 236 g/mol. The molecule has 0 spiro atoms. The highest BCUT2D eigenvalue weighted by atomic mass is 16.4. The maximum atomic E-state index is 11.0. The lowest BCUT2D eigenvalue weighted by Crippen LogP contribution is -2.41. The lowest BCUT2D eigenvalue weighted by Gasteiger charge is -2.39. The lowest BCUT2D eigenvalue weighted by atomic mass is 9.69. The molecule has 1 heterocycles. The number of rotatable bonds is 2. The molecule has 1 aromatic heterocycles. The highest BCUT2D eigenvalue weighted by Crippen LogP contribution is 2.55. The first-order valence-corrected chi connectivity index (χ1v) is 6.22. The molecule has 1 N–H and O–H groups in total. The minimum absolute atomic E-state index is 0.193. The molecule has 0 aromatic carbocycles. The molecule has 0 aliphatic heterocycles. The minimum Gasteiger partial charge on any atom is -0.431 e. The molecule has 2 unspecified atom stereocenters. The molecule has 0 amide bonds. The third-order valence-electron chi connectivity index (χ3n) is 4.63. The second-order valence-corrected chi connectivity index (χ2v) is 5.59. The third-order valence-corrected chi connectivity index (χ3v) is 4.63. The van der Waals surface area contributed by atoms with Gasteiger partial charge in [0.15, 0.2) is 0 Å². The average molecular weight is 236 g/mol. The van der Waals surface area contributed by atoms with E-state index in [9.17, 15) is 9.90 Å². The SMILES string of the molecule is CCC1(O)CCC(c2ccc(=O)oc2)C1(C)C. The van der Waals surface area contributed by atoms with E-state index in [0.29, 0.717) is 0 Å². The Morgan fingerprint density at radius 1 is 1.47 bits per heavy atom. The van der Waals surface area contributed by atoms with Crippen LogP contribution in [0.25, 0.3) is 0 Å². The van der Waals surface area contributed by atoms with E-state index in [1.807, 2.05) is 13.0 Å². The van der Waals surface area contributed by atoms with E-state index >= 15 is 0 Å². The summed E-state index contributed by atoms with van der Waals surface area (Å²) in [6.45, 7) is 6.22. The molecular formula is C14H20O3. The molecule has 1 aliphatic rings. The topological polar surface area (TPSA) is 50.4 Å². The highest BCUT2D eigenvalue weighted by Gasteiger charge is 2.52. The Bertz CT molecular complexity index is 440. The van der Waals surface area contributed by atoms with E-state index in [0.717, 1.165) is 24.8 Å². The average Bonchev–Trinajstić information content (AvgIpc) is 2.53. The van der Waals surface area contributed by atoms with Gasteiger partial charge in [-0.25, -0.2) is 4.79 Å². The van der Waals surface area contributed by atoms with Crippen LogP contribution in [-0.4, -0.2) is 10.7 Å². The van der Waals surface area contributed by atoms with Gasteiger partial charge in [0.1, 0.15) is 0 Å². The molecule has 0 radical (unpaired) electrons. The Morgan fingerprint density at radius 3 is 2.65 bits per heavy atom. The summed E-state index contributed by atoms with van der Waals surface area (Å²) < 4.78 is 4.93. The molecule has 0 bridgehead atoms. The summed E-state index contributed by atoms with van der Waals surface area (Å²) in [5.41, 5.74) is -0.121. The van der Waals surface area contributed by atoms with Gasteiger partial charge in [0.25, 0.3) is 0 Å². The van der Waals surface area contributed by atoms with Crippen molar-refractivity contribution in [2.75, 3.05) is 0 Å². The lowest BCUT2D eigenvalue weighted by molar-refractivity contribution is -0.0513. The van der Waals surface area contributed by atoms with E-state index in [4.69, 9.17) is 4.42 Å². The van der Waals surface area contributed by atoms with Gasteiger partial charge in [-0.15, -0.1) is 0 Å². The summed E-state index contributed by atoms with van der Waals surface area (Å²) in [4.78, 5) is 11.0. The standard InChI is InChI=1S/C14H20O3/c1-4-14(16)8-7-11(13(14,2)3)10-5-6-12(15)17-9-10/h5-6,9,11,16H,4,7-8H2,1-3H3. The molecule has 17 heavy (non-hydrogen) atoms. The first kappa shape index (κ1) is 12.4. The summed E-state index contributed by atoms with van der Waals surface area (Å²) in [7, 11) is 0. The molecule has 1 aliphatic carbocycles. The van der Waals surface area contributed by atoms with E-state index in [2.05, 4.69) is 13.8 Å². The summed E-state index contributed by atoms with van der Waals surface area (Å²) in [5, 5.41) is 10.6. The largest absolute Gasteiger partial charge is 0.431 e. The molecule has 1 fully saturated rings. The Labute approximate surface area is 101 Å². The third kappa shape index (κ3) is 1.82. The fourth-order valence-corrected chi connectivity index (χ4v) is 3.17. The van der Waals surface area contributed by atoms with Crippen LogP contribution in [0.3, 0.4) is 0 Å². The first-order chi connectivity index (χ1) is 7.90. The summed E-state index contributed by atoms with van der Waals surface area (Å²) in [6.07, 6.45) is 4.04. The van der Waals surface area contributed by atoms with Crippen LogP contribution in [0, 0.1) is 5.41 Å². The maximum absolute atomic E-state index is 11.0. The van der Waals surface area contributed by atoms with Gasteiger partial charge in [0.2, 0.25) is 0 Å². The Hall–Kier alpha value is -1.09. The Morgan fingerprint density at radius 2 is 2.18 bits per heavy atom. The normalized spacial score (nSPS) is 31.6. The van der Waals surface area contributed by atoms with Gasteiger partial charge >= 0.3 is 5.63 Å². The van der Waals surface area contributed by atoms with Gasteiger partial charge in [-0.1, -0.05) is 20.8 Å². The molecule has 3 nitrogen and oxygen atoms in total. The van der Waals surface area contributed by atoms with Gasteiger partial charge in [-0.2, -0.15) is 0 Å². The van der Waals surface area contributed by atoms with Gasteiger partial charge < -0.3 is 9.52 Å². The van der Waals surface area contributed by atoms with Crippen LogP contribution in [0.5, 0.6) is 0 Å². The number of aliphatic hydroxyl groups is 1. The van der Waals surface area contributed by atoms with Crippen molar-refractivity contribution in [2.24, 2.45) is 5.41 Å². The summed E-state index contributed by atoms with van der Waals surface area (Å²) in [6, 6.07) is 3.27. The second-order valence-electron chi connectivity index (χ2n) is 5.59. The van der Waals surface area contributed by atoms with Crippen LogP contribution in [0.15, 0.2) is 27.6 Å².